The third-order valence-electron chi connectivity index (χ3n) is 2.24. The van der Waals surface area contributed by atoms with E-state index in [4.69, 9.17) is 10.2 Å². The molecule has 1 aromatic rings. The number of aliphatic hydroxyl groups is 1. The molecule has 0 saturated carbocycles. The molecule has 1 amide bonds. The van der Waals surface area contributed by atoms with Gasteiger partial charge in [-0.3, -0.25) is 4.79 Å². The molecule has 4 N–H and O–H groups in total. The van der Waals surface area contributed by atoms with Crippen LogP contribution in [-0.4, -0.2) is 39.8 Å². The van der Waals surface area contributed by atoms with Gasteiger partial charge in [0.25, 0.3) is 5.91 Å². The third-order valence-corrected chi connectivity index (χ3v) is 2.24. The minimum absolute atomic E-state index is 0.0542. The topological polar surface area (TPSA) is 107 Å². The normalized spacial score (nSPS) is 11.9. The number of nitrogens with one attached hydrogen (secondary N) is 1. The van der Waals surface area contributed by atoms with E-state index in [1.54, 1.807) is 6.92 Å². The number of amides is 1. The minimum Gasteiger partial charge on any atom is -0.508 e. The van der Waals surface area contributed by atoms with Crippen molar-refractivity contribution in [3.8, 4) is 5.75 Å². The van der Waals surface area contributed by atoms with Gasteiger partial charge in [0.1, 0.15) is 5.75 Å². The van der Waals surface area contributed by atoms with Crippen LogP contribution in [0.2, 0.25) is 0 Å². The highest BCUT2D eigenvalue weighted by Gasteiger charge is 2.19. The summed E-state index contributed by atoms with van der Waals surface area (Å²) in [4.78, 5) is 22.2. The zero-order valence-corrected chi connectivity index (χ0v) is 9.17. The molecule has 0 unspecified atom stereocenters. The number of carboxylic acids is 1. The van der Waals surface area contributed by atoms with Crippen LogP contribution in [0.15, 0.2) is 18.2 Å². The molecular formula is C11H13NO5. The summed E-state index contributed by atoms with van der Waals surface area (Å²) in [5.41, 5.74) is 0.730. The van der Waals surface area contributed by atoms with Crippen LogP contribution in [0.3, 0.4) is 0 Å². The first-order chi connectivity index (χ1) is 7.95. The number of hydrogen-bond donors (Lipinski definition) is 4. The van der Waals surface area contributed by atoms with Gasteiger partial charge < -0.3 is 20.6 Å². The summed E-state index contributed by atoms with van der Waals surface area (Å²) in [5.74, 6) is -1.87. The molecule has 0 spiro atoms. The molecule has 6 heteroatoms. The van der Waals surface area contributed by atoms with Gasteiger partial charge >= 0.3 is 5.97 Å². The Balaban J connectivity index is 2.82. The molecule has 6 nitrogen and oxygen atoms in total. The third kappa shape index (κ3) is 3.18. The Morgan fingerprint density at radius 1 is 1.41 bits per heavy atom. The Morgan fingerprint density at radius 3 is 2.53 bits per heavy atom. The number of phenolic OH excluding ortho intramolecular Hbond substituents is 1. The highest BCUT2D eigenvalue weighted by molar-refractivity contribution is 5.96. The van der Waals surface area contributed by atoms with E-state index in [1.807, 2.05) is 0 Å². The monoisotopic (exact) mass is 239 g/mol. The van der Waals surface area contributed by atoms with Gasteiger partial charge in [-0.15, -0.1) is 0 Å². The summed E-state index contributed by atoms with van der Waals surface area (Å²) in [7, 11) is 0. The van der Waals surface area contributed by atoms with Crippen LogP contribution in [0, 0.1) is 6.92 Å². The van der Waals surface area contributed by atoms with Crippen molar-refractivity contribution in [1.29, 1.82) is 0 Å². The highest BCUT2D eigenvalue weighted by atomic mass is 16.4. The lowest BCUT2D eigenvalue weighted by molar-refractivity contribution is -0.140. The van der Waals surface area contributed by atoms with Crippen molar-refractivity contribution in [2.45, 2.75) is 13.0 Å². The van der Waals surface area contributed by atoms with Gasteiger partial charge in [0.15, 0.2) is 6.04 Å². The quantitative estimate of drug-likeness (QED) is 0.585. The number of rotatable bonds is 4. The molecule has 17 heavy (non-hydrogen) atoms. The summed E-state index contributed by atoms with van der Waals surface area (Å²) >= 11 is 0. The maximum Gasteiger partial charge on any atom is 0.328 e. The first kappa shape index (κ1) is 13.0. The van der Waals surface area contributed by atoms with Gasteiger partial charge in [-0.25, -0.2) is 4.79 Å². The average Bonchev–Trinajstić information content (AvgIpc) is 2.28. The number of carbonyl (C=O) groups excluding carboxylic acids is 1. The van der Waals surface area contributed by atoms with Crippen molar-refractivity contribution in [3.05, 3.63) is 29.3 Å². The zero-order valence-electron chi connectivity index (χ0n) is 9.17. The number of aliphatic hydroxyl groups excluding tert-OH is 1. The van der Waals surface area contributed by atoms with E-state index in [0.29, 0.717) is 5.56 Å². The van der Waals surface area contributed by atoms with Gasteiger partial charge in [0.05, 0.1) is 6.61 Å². The first-order valence-electron chi connectivity index (χ1n) is 4.90. The summed E-state index contributed by atoms with van der Waals surface area (Å²) in [6, 6.07) is 2.81. The molecule has 1 aromatic carbocycles. The van der Waals surface area contributed by atoms with Crippen LogP contribution in [0.4, 0.5) is 0 Å². The van der Waals surface area contributed by atoms with E-state index >= 15 is 0 Å². The molecule has 0 aliphatic heterocycles. The molecule has 0 radical (unpaired) electrons. The second-order valence-electron chi connectivity index (χ2n) is 3.55. The maximum absolute atomic E-state index is 11.6. The minimum atomic E-state index is -1.34. The molecule has 92 valence electrons. The Bertz CT molecular complexity index is 443. The molecule has 0 heterocycles. The fourth-order valence-electron chi connectivity index (χ4n) is 1.22. The number of hydrogen-bond acceptors (Lipinski definition) is 4. The lowest BCUT2D eigenvalue weighted by Gasteiger charge is -2.12. The average molecular weight is 239 g/mol. The van der Waals surface area contributed by atoms with Crippen molar-refractivity contribution in [2.24, 2.45) is 0 Å². The number of aryl methyl sites for hydroxylation is 1. The van der Waals surface area contributed by atoms with Gasteiger partial charge in [0, 0.05) is 5.56 Å². The zero-order chi connectivity index (χ0) is 13.0. The van der Waals surface area contributed by atoms with E-state index in [0.717, 1.165) is 0 Å². The number of carboxylic acid groups (broad SMARTS) is 1. The van der Waals surface area contributed by atoms with Crippen LogP contribution < -0.4 is 5.32 Å². The van der Waals surface area contributed by atoms with Gasteiger partial charge in [-0.2, -0.15) is 0 Å². The fraction of sp³-hybridized carbons (Fsp3) is 0.273. The van der Waals surface area contributed by atoms with Crippen molar-refractivity contribution in [1.82, 2.24) is 5.32 Å². The molecule has 0 aliphatic rings. The molecule has 1 atom stereocenters. The molecule has 0 fully saturated rings. The fourth-order valence-corrected chi connectivity index (χ4v) is 1.22. The van der Waals surface area contributed by atoms with Crippen molar-refractivity contribution in [2.75, 3.05) is 6.61 Å². The van der Waals surface area contributed by atoms with E-state index in [2.05, 4.69) is 5.32 Å². The van der Waals surface area contributed by atoms with Crippen molar-refractivity contribution in [3.63, 3.8) is 0 Å². The molecular weight excluding hydrogens is 226 g/mol. The van der Waals surface area contributed by atoms with Crippen molar-refractivity contribution < 1.29 is 24.9 Å². The Kier molecular flexibility index (Phi) is 4.06. The SMILES string of the molecule is Cc1cc(C(=O)N[C@@H](CO)C(=O)O)ccc1O. The van der Waals surface area contributed by atoms with Gasteiger partial charge in [0.2, 0.25) is 0 Å². The summed E-state index contributed by atoms with van der Waals surface area (Å²) in [6.45, 7) is 0.935. The Labute approximate surface area is 97.5 Å². The van der Waals surface area contributed by atoms with E-state index in [-0.39, 0.29) is 11.3 Å². The predicted molar refractivity (Wildman–Crippen MR) is 58.8 cm³/mol. The van der Waals surface area contributed by atoms with Crippen molar-refractivity contribution >= 4 is 11.9 Å². The highest BCUT2D eigenvalue weighted by Crippen LogP contribution is 2.16. The van der Waals surface area contributed by atoms with Crippen LogP contribution in [0.1, 0.15) is 15.9 Å². The molecule has 1 rings (SSSR count). The number of aliphatic carboxylic acids is 1. The van der Waals surface area contributed by atoms with Crippen LogP contribution >= 0.6 is 0 Å². The first-order valence-corrected chi connectivity index (χ1v) is 4.90. The van der Waals surface area contributed by atoms with E-state index in [9.17, 15) is 14.7 Å². The number of aromatic hydroxyl groups is 1. The Morgan fingerprint density at radius 2 is 2.06 bits per heavy atom. The molecule has 0 aliphatic carbocycles. The summed E-state index contributed by atoms with van der Waals surface area (Å²) < 4.78 is 0. The standard InChI is InChI=1S/C11H13NO5/c1-6-4-7(2-3-9(6)14)10(15)12-8(5-13)11(16)17/h2-4,8,13-14H,5H2,1H3,(H,12,15)(H,16,17)/t8-/m0/s1. The summed E-state index contributed by atoms with van der Waals surface area (Å²) in [6.07, 6.45) is 0. The Hall–Kier alpha value is -2.08. The predicted octanol–water partition coefficient (Wildman–Crippen LogP) is -0.124. The van der Waals surface area contributed by atoms with E-state index in [1.165, 1.54) is 18.2 Å². The second-order valence-corrected chi connectivity index (χ2v) is 3.55. The molecule has 0 saturated heterocycles. The number of benzene rings is 1. The van der Waals surface area contributed by atoms with Crippen LogP contribution in [-0.2, 0) is 4.79 Å². The maximum atomic E-state index is 11.6. The lowest BCUT2D eigenvalue weighted by atomic mass is 10.1. The largest absolute Gasteiger partial charge is 0.508 e. The molecule has 0 bridgehead atoms. The number of carbonyl (C=O) groups is 2. The smallest absolute Gasteiger partial charge is 0.328 e. The van der Waals surface area contributed by atoms with Gasteiger partial charge in [-0.05, 0) is 30.7 Å². The van der Waals surface area contributed by atoms with E-state index < -0.39 is 24.5 Å². The lowest BCUT2D eigenvalue weighted by Crippen LogP contribution is -2.43. The number of phenols is 1. The van der Waals surface area contributed by atoms with Gasteiger partial charge in [-0.1, -0.05) is 0 Å². The second kappa shape index (κ2) is 5.31. The summed E-state index contributed by atoms with van der Waals surface area (Å²) in [5, 5.41) is 28.8. The van der Waals surface area contributed by atoms with Crippen LogP contribution in [0.25, 0.3) is 0 Å². The van der Waals surface area contributed by atoms with Crippen LogP contribution in [0.5, 0.6) is 5.75 Å². The molecule has 0 aromatic heterocycles.